The quantitative estimate of drug-likeness (QED) is 0.501. The van der Waals surface area contributed by atoms with Gasteiger partial charge in [0.2, 0.25) is 0 Å². The highest BCUT2D eigenvalue weighted by atomic mass is 19.1. The smallest absolute Gasteiger partial charge is 0.152 e. The minimum atomic E-state index is -0.311. The van der Waals surface area contributed by atoms with Crippen LogP contribution >= 0.6 is 0 Å². The second kappa shape index (κ2) is 5.78. The highest BCUT2D eigenvalue weighted by Crippen LogP contribution is 2.32. The molecule has 4 aromatic rings. The van der Waals surface area contributed by atoms with Crippen molar-refractivity contribution in [3.8, 4) is 22.4 Å². The van der Waals surface area contributed by atoms with Crippen molar-refractivity contribution in [2.24, 2.45) is 0 Å². The fourth-order valence-corrected chi connectivity index (χ4v) is 3.04. The molecule has 1 heterocycles. The van der Waals surface area contributed by atoms with E-state index in [0.717, 1.165) is 22.8 Å². The zero-order valence-electron chi connectivity index (χ0n) is 12.8. The molecule has 0 aliphatic carbocycles. The molecule has 3 heteroatoms. The van der Waals surface area contributed by atoms with Gasteiger partial charge in [0.05, 0.1) is 5.69 Å². The molecule has 2 nitrogen and oxygen atoms in total. The zero-order chi connectivity index (χ0) is 16.5. The van der Waals surface area contributed by atoms with Crippen molar-refractivity contribution in [2.75, 3.05) is 0 Å². The fourth-order valence-electron chi connectivity index (χ4n) is 3.04. The number of aromatic nitrogens is 1. The first-order valence-electron chi connectivity index (χ1n) is 7.69. The van der Waals surface area contributed by atoms with Crippen molar-refractivity contribution < 1.29 is 9.18 Å². The van der Waals surface area contributed by atoms with Gasteiger partial charge in [-0.05, 0) is 17.7 Å². The molecule has 3 aromatic carbocycles. The highest BCUT2D eigenvalue weighted by Gasteiger charge is 2.14. The van der Waals surface area contributed by atoms with Gasteiger partial charge in [-0.15, -0.1) is 0 Å². The van der Waals surface area contributed by atoms with Gasteiger partial charge in [-0.25, -0.2) is 4.39 Å². The van der Waals surface area contributed by atoms with Gasteiger partial charge in [-0.1, -0.05) is 60.7 Å². The minimum Gasteiger partial charge on any atom is -0.354 e. The van der Waals surface area contributed by atoms with Gasteiger partial charge >= 0.3 is 0 Å². The molecule has 0 aliphatic heterocycles. The Hall–Kier alpha value is -3.20. The molecule has 0 aliphatic rings. The molecule has 0 atom stereocenters. The molecule has 116 valence electrons. The van der Waals surface area contributed by atoms with E-state index >= 15 is 0 Å². The van der Waals surface area contributed by atoms with Gasteiger partial charge in [-0.3, -0.25) is 4.79 Å². The number of carbonyl (C=O) groups is 1. The molecule has 24 heavy (non-hydrogen) atoms. The Kier molecular flexibility index (Phi) is 3.47. The molecule has 0 spiro atoms. The molecular formula is C21H14FNO. The number of benzene rings is 3. The average Bonchev–Trinajstić information content (AvgIpc) is 3.01. The van der Waals surface area contributed by atoms with Crippen LogP contribution in [0.5, 0.6) is 0 Å². The summed E-state index contributed by atoms with van der Waals surface area (Å²) in [4.78, 5) is 14.8. The van der Waals surface area contributed by atoms with E-state index < -0.39 is 0 Å². The largest absolute Gasteiger partial charge is 0.354 e. The summed E-state index contributed by atoms with van der Waals surface area (Å²) in [6.45, 7) is 0. The maximum Gasteiger partial charge on any atom is 0.152 e. The summed E-state index contributed by atoms with van der Waals surface area (Å²) in [7, 11) is 0. The number of rotatable bonds is 3. The van der Waals surface area contributed by atoms with Crippen LogP contribution in [-0.2, 0) is 0 Å². The summed E-state index contributed by atoms with van der Waals surface area (Å²) >= 11 is 0. The molecule has 0 saturated carbocycles. The Labute approximate surface area is 138 Å². The summed E-state index contributed by atoms with van der Waals surface area (Å²) in [5, 5.41) is 0.843. The van der Waals surface area contributed by atoms with E-state index in [-0.39, 0.29) is 5.82 Å². The number of hydrogen-bond acceptors (Lipinski definition) is 1. The van der Waals surface area contributed by atoms with E-state index in [9.17, 15) is 9.18 Å². The number of hydrogen-bond donors (Lipinski definition) is 1. The summed E-state index contributed by atoms with van der Waals surface area (Å²) in [6.07, 6.45) is 0.817. The van der Waals surface area contributed by atoms with E-state index in [0.29, 0.717) is 22.4 Å². The van der Waals surface area contributed by atoms with Gasteiger partial charge in [-0.2, -0.15) is 0 Å². The van der Waals surface area contributed by atoms with Crippen molar-refractivity contribution in [1.82, 2.24) is 4.98 Å². The van der Waals surface area contributed by atoms with E-state index in [1.54, 1.807) is 6.07 Å². The second-order valence-electron chi connectivity index (χ2n) is 5.64. The third-order valence-corrected chi connectivity index (χ3v) is 4.21. The lowest BCUT2D eigenvalue weighted by atomic mass is 10.0. The molecular weight excluding hydrogens is 301 g/mol. The lowest BCUT2D eigenvalue weighted by molar-refractivity contribution is 0.112. The molecule has 4 rings (SSSR count). The Morgan fingerprint density at radius 2 is 1.58 bits per heavy atom. The predicted molar refractivity (Wildman–Crippen MR) is 94.5 cm³/mol. The Bertz CT molecular complexity index is 1030. The first-order chi connectivity index (χ1) is 11.8. The SMILES string of the molecule is O=Cc1c(-c2ccc(-c3ccccc3)c(F)c2)[nH]c2ccccc12. The number of para-hydroxylation sites is 1. The van der Waals surface area contributed by atoms with Crippen molar-refractivity contribution >= 4 is 17.2 Å². The number of halogens is 1. The van der Waals surface area contributed by atoms with Crippen LogP contribution in [0.4, 0.5) is 4.39 Å². The third kappa shape index (κ3) is 2.31. The number of fused-ring (bicyclic) bond motifs is 1. The molecule has 0 fully saturated rings. The Morgan fingerprint density at radius 3 is 2.33 bits per heavy atom. The molecule has 0 amide bonds. The second-order valence-corrected chi connectivity index (χ2v) is 5.64. The maximum atomic E-state index is 14.6. The summed E-state index contributed by atoms with van der Waals surface area (Å²) in [6, 6.07) is 22.0. The number of aromatic amines is 1. The van der Waals surface area contributed by atoms with Gasteiger partial charge in [0.25, 0.3) is 0 Å². The third-order valence-electron chi connectivity index (χ3n) is 4.21. The number of carbonyl (C=O) groups excluding carboxylic acids is 1. The molecule has 1 aromatic heterocycles. The van der Waals surface area contributed by atoms with Crippen molar-refractivity contribution in [2.45, 2.75) is 0 Å². The lowest BCUT2D eigenvalue weighted by Crippen LogP contribution is -1.89. The average molecular weight is 315 g/mol. The lowest BCUT2D eigenvalue weighted by Gasteiger charge is -2.06. The molecule has 0 bridgehead atoms. The zero-order valence-corrected chi connectivity index (χ0v) is 12.8. The number of nitrogens with one attached hydrogen (secondary N) is 1. The molecule has 0 radical (unpaired) electrons. The summed E-state index contributed by atoms with van der Waals surface area (Å²) in [5.74, 6) is -0.311. The van der Waals surface area contributed by atoms with Gasteiger partial charge < -0.3 is 4.98 Å². The van der Waals surface area contributed by atoms with Crippen LogP contribution in [0.3, 0.4) is 0 Å². The first kappa shape index (κ1) is 14.4. The fraction of sp³-hybridized carbons (Fsp3) is 0. The standard InChI is InChI=1S/C21H14FNO/c22-19-12-15(10-11-16(19)14-6-2-1-3-7-14)21-18(13-24)17-8-4-5-9-20(17)23-21/h1-13,23H. The normalized spacial score (nSPS) is 10.9. The van der Waals surface area contributed by atoms with Crippen molar-refractivity contribution in [3.05, 3.63) is 84.2 Å². The monoisotopic (exact) mass is 315 g/mol. The van der Waals surface area contributed by atoms with Gasteiger partial charge in [0.15, 0.2) is 6.29 Å². The van der Waals surface area contributed by atoms with Crippen LogP contribution in [-0.4, -0.2) is 11.3 Å². The van der Waals surface area contributed by atoms with E-state index in [1.807, 2.05) is 60.7 Å². The van der Waals surface area contributed by atoms with Crippen LogP contribution in [0.2, 0.25) is 0 Å². The van der Waals surface area contributed by atoms with Gasteiger partial charge in [0.1, 0.15) is 5.82 Å². The molecule has 1 N–H and O–H groups in total. The van der Waals surface area contributed by atoms with E-state index in [1.165, 1.54) is 6.07 Å². The van der Waals surface area contributed by atoms with Gasteiger partial charge in [0, 0.05) is 27.6 Å². The predicted octanol–water partition coefficient (Wildman–Crippen LogP) is 5.45. The number of H-pyrrole nitrogens is 1. The minimum absolute atomic E-state index is 0.311. The topological polar surface area (TPSA) is 32.9 Å². The van der Waals surface area contributed by atoms with Crippen molar-refractivity contribution in [1.29, 1.82) is 0 Å². The Morgan fingerprint density at radius 1 is 0.833 bits per heavy atom. The molecule has 0 unspecified atom stereocenters. The van der Waals surface area contributed by atoms with Crippen LogP contribution in [0.15, 0.2) is 72.8 Å². The van der Waals surface area contributed by atoms with E-state index in [2.05, 4.69) is 4.98 Å². The van der Waals surface area contributed by atoms with Crippen LogP contribution in [0, 0.1) is 5.82 Å². The molecule has 0 saturated heterocycles. The Balaban J connectivity index is 1.86. The highest BCUT2D eigenvalue weighted by molar-refractivity contribution is 6.04. The number of aldehydes is 1. The van der Waals surface area contributed by atoms with Crippen LogP contribution in [0.1, 0.15) is 10.4 Å². The summed E-state index contributed by atoms with van der Waals surface area (Å²) < 4.78 is 14.6. The van der Waals surface area contributed by atoms with Crippen LogP contribution < -0.4 is 0 Å². The van der Waals surface area contributed by atoms with E-state index in [4.69, 9.17) is 0 Å². The van der Waals surface area contributed by atoms with Crippen molar-refractivity contribution in [3.63, 3.8) is 0 Å². The maximum absolute atomic E-state index is 14.6. The van der Waals surface area contributed by atoms with Crippen LogP contribution in [0.25, 0.3) is 33.3 Å². The first-order valence-corrected chi connectivity index (χ1v) is 7.69. The summed E-state index contributed by atoms with van der Waals surface area (Å²) in [5.41, 5.74) is 4.09.